The molecule has 6 nitrogen and oxygen atoms in total. The number of halogens is 2. The van der Waals surface area contributed by atoms with Crippen LogP contribution in [-0.4, -0.2) is 28.6 Å². The summed E-state index contributed by atoms with van der Waals surface area (Å²) < 4.78 is 19.3. The van der Waals surface area contributed by atoms with Gasteiger partial charge in [0.15, 0.2) is 5.78 Å². The monoisotopic (exact) mass is 495 g/mol. The van der Waals surface area contributed by atoms with E-state index in [2.05, 4.69) is 0 Å². The van der Waals surface area contributed by atoms with E-state index < -0.39 is 23.5 Å². The molecule has 0 bridgehead atoms. The SMILES string of the molecule is Cc1ccccc1C(=O)c1ccc(N(C(=O)OC2(C(=O)O)CCC2)c2ccc(F)cc2C)cc1Cl. The molecule has 0 radical (unpaired) electrons. The van der Waals surface area contributed by atoms with Gasteiger partial charge in [-0.1, -0.05) is 35.9 Å². The van der Waals surface area contributed by atoms with Crippen LogP contribution in [0.25, 0.3) is 0 Å². The van der Waals surface area contributed by atoms with Crippen molar-refractivity contribution in [2.75, 3.05) is 4.90 Å². The van der Waals surface area contributed by atoms with E-state index in [-0.39, 0.29) is 34.9 Å². The van der Waals surface area contributed by atoms with E-state index in [1.807, 2.05) is 19.1 Å². The summed E-state index contributed by atoms with van der Waals surface area (Å²) in [5, 5.41) is 9.72. The molecule has 8 heteroatoms. The van der Waals surface area contributed by atoms with Crippen LogP contribution in [0.4, 0.5) is 20.6 Å². The molecule has 3 aromatic rings. The Kier molecular flexibility index (Phi) is 6.63. The van der Waals surface area contributed by atoms with Gasteiger partial charge in [0.25, 0.3) is 0 Å². The van der Waals surface area contributed by atoms with E-state index in [9.17, 15) is 23.9 Å². The summed E-state index contributed by atoms with van der Waals surface area (Å²) >= 11 is 6.50. The number of aliphatic carboxylic acids is 1. The fourth-order valence-electron chi connectivity index (χ4n) is 4.08. The smallest absolute Gasteiger partial charge is 0.420 e. The maximum atomic E-state index is 13.8. The Morgan fingerprint density at radius 3 is 2.26 bits per heavy atom. The highest BCUT2D eigenvalue weighted by atomic mass is 35.5. The second-order valence-electron chi connectivity index (χ2n) is 8.60. The van der Waals surface area contributed by atoms with Crippen LogP contribution in [0.3, 0.4) is 0 Å². The van der Waals surface area contributed by atoms with Gasteiger partial charge in [-0.2, -0.15) is 0 Å². The molecule has 1 saturated carbocycles. The number of carbonyl (C=O) groups excluding carboxylic acids is 2. The predicted molar refractivity (Wildman–Crippen MR) is 130 cm³/mol. The second-order valence-corrected chi connectivity index (χ2v) is 9.00. The molecule has 1 aliphatic rings. The van der Waals surface area contributed by atoms with Gasteiger partial charge in [0.2, 0.25) is 5.60 Å². The topological polar surface area (TPSA) is 83.9 Å². The van der Waals surface area contributed by atoms with E-state index in [0.29, 0.717) is 23.2 Å². The molecule has 0 aliphatic heterocycles. The molecule has 3 aromatic carbocycles. The predicted octanol–water partition coefficient (Wildman–Crippen LogP) is 6.61. The third-order valence-corrected chi connectivity index (χ3v) is 6.57. The van der Waals surface area contributed by atoms with Crippen molar-refractivity contribution in [1.29, 1.82) is 0 Å². The summed E-state index contributed by atoms with van der Waals surface area (Å²) in [5.41, 5.74) is 0.908. The molecule has 4 rings (SSSR count). The highest BCUT2D eigenvalue weighted by Crippen LogP contribution is 2.39. The van der Waals surface area contributed by atoms with Crippen LogP contribution in [0.5, 0.6) is 0 Å². The Bertz CT molecular complexity index is 1330. The van der Waals surface area contributed by atoms with Crippen molar-refractivity contribution < 1.29 is 28.6 Å². The van der Waals surface area contributed by atoms with Crippen molar-refractivity contribution in [1.82, 2.24) is 0 Å². The summed E-state index contributed by atoms with van der Waals surface area (Å²) in [6, 6.07) is 15.4. The number of aryl methyl sites for hydroxylation is 2. The number of anilines is 2. The first-order valence-electron chi connectivity index (χ1n) is 11.1. The van der Waals surface area contributed by atoms with Crippen LogP contribution in [0.1, 0.15) is 46.3 Å². The lowest BCUT2D eigenvalue weighted by Gasteiger charge is -2.38. The normalized spacial score (nSPS) is 14.1. The molecule has 0 aromatic heterocycles. The van der Waals surface area contributed by atoms with Gasteiger partial charge >= 0.3 is 12.1 Å². The fourth-order valence-corrected chi connectivity index (χ4v) is 4.34. The van der Waals surface area contributed by atoms with E-state index in [1.165, 1.54) is 36.4 Å². The highest BCUT2D eigenvalue weighted by molar-refractivity contribution is 6.35. The maximum absolute atomic E-state index is 13.8. The molecule has 0 atom stereocenters. The van der Waals surface area contributed by atoms with Crippen LogP contribution >= 0.6 is 11.6 Å². The van der Waals surface area contributed by atoms with Crippen molar-refractivity contribution in [3.05, 3.63) is 93.8 Å². The lowest BCUT2D eigenvalue weighted by Crippen LogP contribution is -2.51. The largest absolute Gasteiger partial charge is 0.478 e. The number of ketones is 1. The molecule has 1 amide bonds. The number of carboxylic acid groups (broad SMARTS) is 1. The average molecular weight is 496 g/mol. The number of nitrogens with zero attached hydrogens (tertiary/aromatic N) is 1. The Labute approximate surface area is 206 Å². The molecular weight excluding hydrogens is 473 g/mol. The van der Waals surface area contributed by atoms with E-state index in [1.54, 1.807) is 19.1 Å². The zero-order valence-corrected chi connectivity index (χ0v) is 19.9. The number of rotatable bonds is 6. The quantitative estimate of drug-likeness (QED) is 0.389. The van der Waals surface area contributed by atoms with Gasteiger partial charge in [0.1, 0.15) is 5.82 Å². The van der Waals surface area contributed by atoms with E-state index in [0.717, 1.165) is 10.5 Å². The highest BCUT2D eigenvalue weighted by Gasteiger charge is 2.49. The molecule has 0 heterocycles. The molecule has 0 saturated heterocycles. The third kappa shape index (κ3) is 4.64. The number of amides is 1. The molecule has 180 valence electrons. The van der Waals surface area contributed by atoms with Crippen molar-refractivity contribution >= 4 is 40.8 Å². The van der Waals surface area contributed by atoms with Crippen LogP contribution in [0.2, 0.25) is 5.02 Å². The number of carboxylic acids is 1. The Hall–Kier alpha value is -3.71. The summed E-state index contributed by atoms with van der Waals surface area (Å²) in [6.45, 7) is 3.44. The first-order valence-corrected chi connectivity index (χ1v) is 11.4. The first-order chi connectivity index (χ1) is 16.6. The number of hydrogen-bond donors (Lipinski definition) is 1. The minimum Gasteiger partial charge on any atom is -0.478 e. The zero-order chi connectivity index (χ0) is 25.3. The number of ether oxygens (including phenoxy) is 1. The third-order valence-electron chi connectivity index (χ3n) is 6.26. The van der Waals surface area contributed by atoms with Gasteiger partial charge in [0, 0.05) is 11.1 Å². The van der Waals surface area contributed by atoms with E-state index in [4.69, 9.17) is 16.3 Å². The van der Waals surface area contributed by atoms with Crippen LogP contribution in [-0.2, 0) is 9.53 Å². The van der Waals surface area contributed by atoms with E-state index >= 15 is 0 Å². The van der Waals surface area contributed by atoms with Gasteiger partial charge in [-0.3, -0.25) is 4.79 Å². The maximum Gasteiger partial charge on any atom is 0.420 e. The number of carbonyl (C=O) groups is 3. The average Bonchev–Trinajstić information content (AvgIpc) is 2.77. The number of hydrogen-bond acceptors (Lipinski definition) is 4. The standard InChI is InChI=1S/C27H23ClFNO5/c1-16-6-3-4-7-20(16)24(31)21-10-9-19(15-22(21)28)30(23-11-8-18(29)14-17(23)2)26(34)35-27(25(32)33)12-5-13-27/h3-4,6-11,14-15H,5,12-13H2,1-2H3,(H,32,33). The number of benzene rings is 3. The Morgan fingerprint density at radius 2 is 1.69 bits per heavy atom. The minimum atomic E-state index is -1.60. The fraction of sp³-hybridized carbons (Fsp3) is 0.222. The zero-order valence-electron chi connectivity index (χ0n) is 19.2. The lowest BCUT2D eigenvalue weighted by molar-refractivity contribution is -0.167. The second kappa shape index (κ2) is 9.50. The molecule has 1 N–H and O–H groups in total. The Balaban J connectivity index is 1.75. The minimum absolute atomic E-state index is 0.102. The molecular formula is C27H23ClFNO5. The van der Waals surface area contributed by atoms with Crippen LogP contribution < -0.4 is 4.90 Å². The van der Waals surface area contributed by atoms with Gasteiger partial charge in [-0.15, -0.1) is 0 Å². The van der Waals surface area contributed by atoms with Crippen molar-refractivity contribution in [3.63, 3.8) is 0 Å². The van der Waals surface area contributed by atoms with Crippen LogP contribution in [0, 0.1) is 19.7 Å². The molecule has 0 spiro atoms. The Morgan fingerprint density at radius 1 is 0.971 bits per heavy atom. The van der Waals surface area contributed by atoms with Gasteiger partial charge < -0.3 is 9.84 Å². The van der Waals surface area contributed by atoms with Crippen LogP contribution in [0.15, 0.2) is 60.7 Å². The molecule has 1 aliphatic carbocycles. The summed E-state index contributed by atoms with van der Waals surface area (Å²) in [4.78, 5) is 39.3. The van der Waals surface area contributed by atoms with Gasteiger partial charge in [-0.25, -0.2) is 18.9 Å². The van der Waals surface area contributed by atoms with Crippen molar-refractivity contribution in [2.45, 2.75) is 38.7 Å². The summed E-state index contributed by atoms with van der Waals surface area (Å²) in [5.74, 6) is -1.98. The molecule has 0 unspecified atom stereocenters. The molecule has 1 fully saturated rings. The first kappa shape index (κ1) is 24.4. The summed E-state index contributed by atoms with van der Waals surface area (Å²) in [7, 11) is 0. The molecule has 35 heavy (non-hydrogen) atoms. The lowest BCUT2D eigenvalue weighted by atomic mass is 9.80. The summed E-state index contributed by atoms with van der Waals surface area (Å²) in [6.07, 6.45) is 0.0939. The van der Waals surface area contributed by atoms with Gasteiger partial charge in [-0.05, 0) is 80.6 Å². The van der Waals surface area contributed by atoms with Crippen molar-refractivity contribution in [2.24, 2.45) is 0 Å². The van der Waals surface area contributed by atoms with Crippen molar-refractivity contribution in [3.8, 4) is 0 Å². The van der Waals surface area contributed by atoms with Gasteiger partial charge in [0.05, 0.1) is 16.4 Å².